The molecule has 1 N–H and O–H groups in total. The zero-order chi connectivity index (χ0) is 22.5. The van der Waals surface area contributed by atoms with Gasteiger partial charge in [-0.2, -0.15) is 21.6 Å². The van der Waals surface area contributed by atoms with Crippen LogP contribution in [0.2, 0.25) is 0 Å². The van der Waals surface area contributed by atoms with Gasteiger partial charge in [0, 0.05) is 6.54 Å². The second kappa shape index (κ2) is 9.54. The Morgan fingerprint density at radius 3 is 2.03 bits per heavy atom. The number of hydrogen-bond donors (Lipinski definition) is 1. The summed E-state index contributed by atoms with van der Waals surface area (Å²) in [4.78, 5) is 13.4. The molecule has 0 heterocycles. The topological polar surface area (TPSA) is 75.7 Å². The predicted molar refractivity (Wildman–Crippen MR) is 102 cm³/mol. The standard InChI is InChI=1S/C19H20F4N2O4S/c1-25(2)18(14-3-7-16(20)8-4-14)24-11-15(12-26)13-5-9-17(10-6-13)29-30(27,28)19(21,22)23/h3-10,12,15,18,24H,11H2,1-2H3. The van der Waals surface area contributed by atoms with Crippen LogP contribution >= 0.6 is 0 Å². The lowest BCUT2D eigenvalue weighted by Crippen LogP contribution is -2.36. The predicted octanol–water partition coefficient (Wildman–Crippen LogP) is 3.19. The Bertz CT molecular complexity index is 946. The molecule has 0 saturated carbocycles. The monoisotopic (exact) mass is 448 g/mol. The first-order valence-corrected chi connectivity index (χ1v) is 10.1. The maximum absolute atomic E-state index is 13.2. The molecule has 0 aliphatic heterocycles. The minimum Gasteiger partial charge on any atom is -0.376 e. The first-order valence-electron chi connectivity index (χ1n) is 8.66. The average molecular weight is 448 g/mol. The van der Waals surface area contributed by atoms with E-state index in [-0.39, 0.29) is 18.5 Å². The highest BCUT2D eigenvalue weighted by atomic mass is 32.2. The molecule has 2 unspecified atom stereocenters. The lowest BCUT2D eigenvalue weighted by Gasteiger charge is -2.27. The smallest absolute Gasteiger partial charge is 0.376 e. The Labute approximate surface area is 171 Å². The summed E-state index contributed by atoms with van der Waals surface area (Å²) in [6.07, 6.45) is 0.333. The lowest BCUT2D eigenvalue weighted by molar-refractivity contribution is -0.109. The minimum absolute atomic E-state index is 0.171. The van der Waals surface area contributed by atoms with Crippen LogP contribution in [0.1, 0.15) is 23.2 Å². The van der Waals surface area contributed by atoms with Crippen molar-refractivity contribution in [1.82, 2.24) is 10.2 Å². The largest absolute Gasteiger partial charge is 0.534 e. The second-order valence-electron chi connectivity index (χ2n) is 6.62. The van der Waals surface area contributed by atoms with Crippen LogP contribution in [-0.4, -0.2) is 45.8 Å². The fraction of sp³-hybridized carbons (Fsp3) is 0.316. The van der Waals surface area contributed by atoms with Gasteiger partial charge in [-0.05, 0) is 49.5 Å². The molecule has 0 saturated heterocycles. The van der Waals surface area contributed by atoms with Crippen LogP contribution in [0, 0.1) is 5.82 Å². The Balaban J connectivity index is 2.10. The van der Waals surface area contributed by atoms with E-state index in [4.69, 9.17) is 0 Å². The number of carbonyl (C=O) groups excluding carboxylic acids is 1. The molecule has 6 nitrogen and oxygen atoms in total. The van der Waals surface area contributed by atoms with Gasteiger partial charge in [-0.1, -0.05) is 24.3 Å². The molecule has 2 rings (SSSR count). The van der Waals surface area contributed by atoms with Crippen molar-refractivity contribution in [2.45, 2.75) is 17.6 Å². The summed E-state index contributed by atoms with van der Waals surface area (Å²) in [7, 11) is -2.18. The fourth-order valence-corrected chi connectivity index (χ4v) is 3.13. The van der Waals surface area contributed by atoms with Crippen molar-refractivity contribution in [3.63, 3.8) is 0 Å². The highest BCUT2D eigenvalue weighted by molar-refractivity contribution is 7.88. The summed E-state index contributed by atoms with van der Waals surface area (Å²) in [6, 6.07) is 10.6. The van der Waals surface area contributed by atoms with Gasteiger partial charge in [0.05, 0.1) is 12.1 Å². The summed E-state index contributed by atoms with van der Waals surface area (Å²) in [5.74, 6) is -1.57. The van der Waals surface area contributed by atoms with Crippen LogP contribution in [0.25, 0.3) is 0 Å². The lowest BCUT2D eigenvalue weighted by atomic mass is 10.00. The van der Waals surface area contributed by atoms with Gasteiger partial charge in [0.2, 0.25) is 0 Å². The number of aldehydes is 1. The molecule has 0 aliphatic carbocycles. The first-order chi connectivity index (χ1) is 13.9. The molecule has 2 aromatic carbocycles. The van der Waals surface area contributed by atoms with E-state index in [0.717, 1.165) is 17.7 Å². The summed E-state index contributed by atoms with van der Waals surface area (Å²) < 4.78 is 76.5. The molecule has 0 aromatic heterocycles. The van der Waals surface area contributed by atoms with Crippen molar-refractivity contribution in [3.8, 4) is 5.75 Å². The van der Waals surface area contributed by atoms with Gasteiger partial charge < -0.3 is 8.98 Å². The van der Waals surface area contributed by atoms with Gasteiger partial charge in [-0.15, -0.1) is 0 Å². The summed E-state index contributed by atoms with van der Waals surface area (Å²) in [5.41, 5.74) is -4.32. The summed E-state index contributed by atoms with van der Waals surface area (Å²) in [5, 5.41) is 3.17. The Hall–Kier alpha value is -2.50. The van der Waals surface area contributed by atoms with E-state index in [1.54, 1.807) is 26.2 Å². The number of benzene rings is 2. The van der Waals surface area contributed by atoms with Crippen LogP contribution in [0.3, 0.4) is 0 Å². The molecule has 0 aliphatic rings. The highest BCUT2D eigenvalue weighted by Gasteiger charge is 2.48. The maximum atomic E-state index is 13.2. The third-order valence-corrected chi connectivity index (χ3v) is 5.17. The number of rotatable bonds is 9. The van der Waals surface area contributed by atoms with Gasteiger partial charge >= 0.3 is 15.6 Å². The van der Waals surface area contributed by atoms with E-state index in [1.807, 2.05) is 4.90 Å². The number of alkyl halides is 3. The van der Waals surface area contributed by atoms with Crippen molar-refractivity contribution in [2.75, 3.05) is 20.6 Å². The summed E-state index contributed by atoms with van der Waals surface area (Å²) in [6.45, 7) is 0.171. The molecule has 0 spiro atoms. The molecule has 164 valence electrons. The molecule has 11 heteroatoms. The fourth-order valence-electron chi connectivity index (χ4n) is 2.67. The third-order valence-electron chi connectivity index (χ3n) is 4.20. The zero-order valence-electron chi connectivity index (χ0n) is 16.1. The molecule has 0 fully saturated rings. The number of hydrogen-bond acceptors (Lipinski definition) is 6. The van der Waals surface area contributed by atoms with Crippen LogP contribution in [0.4, 0.5) is 17.6 Å². The van der Waals surface area contributed by atoms with Crippen molar-refractivity contribution in [2.24, 2.45) is 0 Å². The normalized spacial score (nSPS) is 14.4. The van der Waals surface area contributed by atoms with Gasteiger partial charge in [-0.3, -0.25) is 10.2 Å². The Kier molecular flexibility index (Phi) is 7.56. The molecule has 2 atom stereocenters. The van der Waals surface area contributed by atoms with Gasteiger partial charge in [0.25, 0.3) is 0 Å². The third kappa shape index (κ3) is 6.00. The zero-order valence-corrected chi connectivity index (χ0v) is 16.9. The van der Waals surface area contributed by atoms with Gasteiger partial charge in [-0.25, -0.2) is 4.39 Å². The second-order valence-corrected chi connectivity index (χ2v) is 8.16. The summed E-state index contributed by atoms with van der Waals surface area (Å²) >= 11 is 0. The molecule has 2 aromatic rings. The van der Waals surface area contributed by atoms with Gasteiger partial charge in [0.1, 0.15) is 17.9 Å². The van der Waals surface area contributed by atoms with Crippen molar-refractivity contribution in [3.05, 3.63) is 65.5 Å². The molecular weight excluding hydrogens is 428 g/mol. The SMILES string of the molecule is CN(C)C(NCC(C=O)c1ccc(OS(=O)(=O)C(F)(F)F)cc1)c1ccc(F)cc1. The average Bonchev–Trinajstić information content (AvgIpc) is 2.66. The minimum atomic E-state index is -5.77. The number of carbonyl (C=O) groups is 1. The first kappa shape index (κ1) is 23.8. The number of halogens is 4. The molecule has 0 radical (unpaired) electrons. The molecule has 30 heavy (non-hydrogen) atoms. The van der Waals surface area contributed by atoms with E-state index in [0.29, 0.717) is 11.8 Å². The van der Waals surface area contributed by atoms with E-state index >= 15 is 0 Å². The van der Waals surface area contributed by atoms with E-state index in [1.165, 1.54) is 24.3 Å². The van der Waals surface area contributed by atoms with Gasteiger partial charge in [0.15, 0.2) is 0 Å². The van der Waals surface area contributed by atoms with E-state index in [9.17, 15) is 30.8 Å². The number of nitrogens with zero attached hydrogens (tertiary/aromatic N) is 1. The van der Waals surface area contributed by atoms with Crippen molar-refractivity contribution < 1.29 is 35.0 Å². The maximum Gasteiger partial charge on any atom is 0.534 e. The van der Waals surface area contributed by atoms with Crippen LogP contribution in [-0.2, 0) is 14.9 Å². The van der Waals surface area contributed by atoms with E-state index in [2.05, 4.69) is 9.50 Å². The Morgan fingerprint density at radius 1 is 1.03 bits per heavy atom. The van der Waals surface area contributed by atoms with E-state index < -0.39 is 27.3 Å². The number of nitrogens with one attached hydrogen (secondary N) is 1. The molecule has 0 bridgehead atoms. The van der Waals surface area contributed by atoms with Crippen molar-refractivity contribution >= 4 is 16.4 Å². The van der Waals surface area contributed by atoms with Crippen LogP contribution < -0.4 is 9.50 Å². The Morgan fingerprint density at radius 2 is 1.57 bits per heavy atom. The van der Waals surface area contributed by atoms with Crippen molar-refractivity contribution in [1.29, 1.82) is 0 Å². The van der Waals surface area contributed by atoms with Crippen LogP contribution in [0.5, 0.6) is 5.75 Å². The molecule has 0 amide bonds. The highest BCUT2D eigenvalue weighted by Crippen LogP contribution is 2.28. The quantitative estimate of drug-likeness (QED) is 0.209. The molecular formula is C19H20F4N2O4S. The van der Waals surface area contributed by atoms with Crippen LogP contribution in [0.15, 0.2) is 48.5 Å².